The van der Waals surface area contributed by atoms with E-state index in [1.165, 1.54) is 6.92 Å². The molecule has 1 heterocycles. The van der Waals surface area contributed by atoms with Gasteiger partial charge in [0.05, 0.1) is 26.9 Å². The molecule has 2 rings (SSSR count). The Morgan fingerprint density at radius 1 is 1.41 bits per heavy atom. The van der Waals surface area contributed by atoms with Crippen LogP contribution in [0.1, 0.15) is 12.5 Å². The predicted molar refractivity (Wildman–Crippen MR) is 83.2 cm³/mol. The van der Waals surface area contributed by atoms with E-state index in [0.29, 0.717) is 13.2 Å². The maximum atomic E-state index is 11.0. The van der Waals surface area contributed by atoms with E-state index in [4.69, 9.17) is 14.2 Å². The highest BCUT2D eigenvalue weighted by molar-refractivity contribution is 5.72. The van der Waals surface area contributed by atoms with Crippen molar-refractivity contribution in [1.29, 1.82) is 0 Å². The van der Waals surface area contributed by atoms with Crippen LogP contribution in [0.25, 0.3) is 0 Å². The molecule has 1 unspecified atom stereocenters. The second-order valence-corrected chi connectivity index (χ2v) is 5.32. The Hall–Kier alpha value is -1.79. The van der Waals surface area contributed by atoms with Crippen molar-refractivity contribution < 1.29 is 19.0 Å². The summed E-state index contributed by atoms with van der Waals surface area (Å²) in [6.07, 6.45) is 0.0225. The van der Waals surface area contributed by atoms with Gasteiger partial charge in [0, 0.05) is 38.7 Å². The molecular weight excluding hydrogens is 284 g/mol. The van der Waals surface area contributed by atoms with Crippen molar-refractivity contribution in [3.63, 3.8) is 0 Å². The molecule has 0 aromatic heterocycles. The minimum absolute atomic E-state index is 0.0225. The fraction of sp³-hybridized carbons (Fsp3) is 0.562. The average Bonchev–Trinajstić information content (AvgIpc) is 2.53. The van der Waals surface area contributed by atoms with E-state index in [1.807, 2.05) is 18.2 Å². The topological polar surface area (TPSA) is 60.0 Å². The molecule has 0 radical (unpaired) electrons. The van der Waals surface area contributed by atoms with Gasteiger partial charge >= 0.3 is 0 Å². The maximum absolute atomic E-state index is 11.0. The second-order valence-electron chi connectivity index (χ2n) is 5.32. The average molecular weight is 308 g/mol. The Balaban J connectivity index is 1.99. The number of methoxy groups -OCH3 is 2. The Bertz CT molecular complexity index is 507. The van der Waals surface area contributed by atoms with E-state index < -0.39 is 0 Å². The first-order valence-corrected chi connectivity index (χ1v) is 7.42. The highest BCUT2D eigenvalue weighted by Crippen LogP contribution is 2.31. The summed E-state index contributed by atoms with van der Waals surface area (Å²) in [6.45, 7) is 5.12. The molecule has 0 aliphatic carbocycles. The largest absolute Gasteiger partial charge is 0.493 e. The second kappa shape index (κ2) is 8.00. The summed E-state index contributed by atoms with van der Waals surface area (Å²) < 4.78 is 16.5. The molecule has 0 bridgehead atoms. The molecule has 6 heteroatoms. The van der Waals surface area contributed by atoms with Crippen LogP contribution in [0.5, 0.6) is 11.5 Å². The summed E-state index contributed by atoms with van der Waals surface area (Å²) in [7, 11) is 3.29. The van der Waals surface area contributed by atoms with Gasteiger partial charge in [-0.3, -0.25) is 9.69 Å². The molecule has 1 atom stereocenters. The van der Waals surface area contributed by atoms with Crippen LogP contribution in [-0.2, 0) is 16.1 Å². The molecule has 1 aliphatic rings. The number of nitrogens with zero attached hydrogens (tertiary/aromatic N) is 1. The SMILES string of the molecule is COc1cccc(CN2CCOC(CNC(C)=O)C2)c1OC. The summed E-state index contributed by atoms with van der Waals surface area (Å²) >= 11 is 0. The molecule has 0 spiro atoms. The lowest BCUT2D eigenvalue weighted by molar-refractivity contribution is -0.120. The lowest BCUT2D eigenvalue weighted by atomic mass is 10.1. The van der Waals surface area contributed by atoms with Crippen molar-refractivity contribution in [1.82, 2.24) is 10.2 Å². The molecule has 1 N–H and O–H groups in total. The lowest BCUT2D eigenvalue weighted by Gasteiger charge is -2.33. The van der Waals surface area contributed by atoms with Crippen molar-refractivity contribution in [2.75, 3.05) is 40.5 Å². The van der Waals surface area contributed by atoms with E-state index in [0.717, 1.165) is 36.7 Å². The van der Waals surface area contributed by atoms with Crippen molar-refractivity contribution in [3.8, 4) is 11.5 Å². The molecule has 122 valence electrons. The van der Waals surface area contributed by atoms with Crippen LogP contribution < -0.4 is 14.8 Å². The van der Waals surface area contributed by atoms with E-state index in [9.17, 15) is 4.79 Å². The van der Waals surface area contributed by atoms with E-state index in [1.54, 1.807) is 14.2 Å². The summed E-state index contributed by atoms with van der Waals surface area (Å²) in [5.74, 6) is 1.48. The van der Waals surface area contributed by atoms with Gasteiger partial charge in [-0.25, -0.2) is 0 Å². The number of nitrogens with one attached hydrogen (secondary N) is 1. The zero-order chi connectivity index (χ0) is 15.9. The number of carbonyl (C=O) groups is 1. The molecular formula is C16H24N2O4. The quantitative estimate of drug-likeness (QED) is 0.851. The van der Waals surface area contributed by atoms with Gasteiger partial charge in [-0.1, -0.05) is 12.1 Å². The van der Waals surface area contributed by atoms with E-state index in [-0.39, 0.29) is 12.0 Å². The molecule has 1 aliphatic heterocycles. The first-order chi connectivity index (χ1) is 10.6. The summed E-state index contributed by atoms with van der Waals surface area (Å²) in [4.78, 5) is 13.3. The fourth-order valence-electron chi connectivity index (χ4n) is 2.62. The first-order valence-electron chi connectivity index (χ1n) is 7.42. The van der Waals surface area contributed by atoms with Gasteiger partial charge in [0.25, 0.3) is 0 Å². The number of amides is 1. The molecule has 1 saturated heterocycles. The Kier molecular flexibility index (Phi) is 6.03. The summed E-state index contributed by atoms with van der Waals surface area (Å²) in [5.41, 5.74) is 1.09. The normalized spacial score (nSPS) is 18.8. The van der Waals surface area contributed by atoms with Gasteiger partial charge in [-0.2, -0.15) is 0 Å². The van der Waals surface area contributed by atoms with E-state index in [2.05, 4.69) is 10.2 Å². The van der Waals surface area contributed by atoms with Gasteiger partial charge in [-0.15, -0.1) is 0 Å². The number of hydrogen-bond acceptors (Lipinski definition) is 5. The fourth-order valence-corrected chi connectivity index (χ4v) is 2.62. The molecule has 1 aromatic rings. The van der Waals surface area contributed by atoms with Crippen LogP contribution in [-0.4, -0.2) is 57.4 Å². The Morgan fingerprint density at radius 2 is 2.23 bits per heavy atom. The molecule has 6 nitrogen and oxygen atoms in total. The number of ether oxygens (including phenoxy) is 3. The number of carbonyl (C=O) groups excluding carboxylic acids is 1. The van der Waals surface area contributed by atoms with Crippen molar-refractivity contribution in [2.45, 2.75) is 19.6 Å². The molecule has 1 fully saturated rings. The van der Waals surface area contributed by atoms with Crippen molar-refractivity contribution >= 4 is 5.91 Å². The highest BCUT2D eigenvalue weighted by Gasteiger charge is 2.22. The van der Waals surface area contributed by atoms with Crippen LogP contribution in [0, 0.1) is 0 Å². The lowest BCUT2D eigenvalue weighted by Crippen LogP contribution is -2.46. The zero-order valence-electron chi connectivity index (χ0n) is 13.4. The molecule has 1 aromatic carbocycles. The molecule has 0 saturated carbocycles. The third-order valence-corrected chi connectivity index (χ3v) is 3.68. The van der Waals surface area contributed by atoms with Crippen LogP contribution in [0.4, 0.5) is 0 Å². The Morgan fingerprint density at radius 3 is 2.91 bits per heavy atom. The standard InChI is InChI=1S/C16H24N2O4/c1-12(19)17-9-14-11-18(7-8-22-14)10-13-5-4-6-15(20-2)16(13)21-3/h4-6,14H,7-11H2,1-3H3,(H,17,19). The first kappa shape index (κ1) is 16.6. The number of morpholine rings is 1. The van der Waals surface area contributed by atoms with E-state index >= 15 is 0 Å². The van der Waals surface area contributed by atoms with Gasteiger partial charge in [0.15, 0.2) is 11.5 Å². The number of hydrogen-bond donors (Lipinski definition) is 1. The minimum Gasteiger partial charge on any atom is -0.493 e. The van der Waals surface area contributed by atoms with Crippen LogP contribution in [0.3, 0.4) is 0 Å². The third kappa shape index (κ3) is 4.35. The minimum atomic E-state index is -0.0322. The smallest absolute Gasteiger partial charge is 0.216 e. The van der Waals surface area contributed by atoms with Gasteiger partial charge in [0.2, 0.25) is 5.91 Å². The highest BCUT2D eigenvalue weighted by atomic mass is 16.5. The Labute approximate surface area is 131 Å². The summed E-state index contributed by atoms with van der Waals surface area (Å²) in [5, 5.41) is 2.81. The van der Waals surface area contributed by atoms with Gasteiger partial charge in [-0.05, 0) is 6.07 Å². The summed E-state index contributed by atoms with van der Waals surface area (Å²) in [6, 6.07) is 5.90. The van der Waals surface area contributed by atoms with Crippen molar-refractivity contribution in [2.24, 2.45) is 0 Å². The van der Waals surface area contributed by atoms with Gasteiger partial charge in [0.1, 0.15) is 0 Å². The monoisotopic (exact) mass is 308 g/mol. The predicted octanol–water partition coefficient (Wildman–Crippen LogP) is 1.04. The number of rotatable bonds is 6. The van der Waals surface area contributed by atoms with Crippen molar-refractivity contribution in [3.05, 3.63) is 23.8 Å². The third-order valence-electron chi connectivity index (χ3n) is 3.68. The molecule has 1 amide bonds. The number of benzene rings is 1. The maximum Gasteiger partial charge on any atom is 0.216 e. The van der Waals surface area contributed by atoms with Crippen LogP contribution in [0.2, 0.25) is 0 Å². The van der Waals surface area contributed by atoms with Gasteiger partial charge < -0.3 is 19.5 Å². The molecule has 22 heavy (non-hydrogen) atoms. The van der Waals surface area contributed by atoms with Crippen LogP contribution >= 0.6 is 0 Å². The van der Waals surface area contributed by atoms with Crippen LogP contribution in [0.15, 0.2) is 18.2 Å². The number of para-hydroxylation sites is 1. The zero-order valence-corrected chi connectivity index (χ0v) is 13.4.